The molecule has 12 heteroatoms. The molecule has 2 fully saturated rings. The van der Waals surface area contributed by atoms with Crippen molar-refractivity contribution in [3.8, 4) is 11.5 Å². The molecule has 2 aliphatic heterocycles. The number of para-hydroxylation sites is 2. The van der Waals surface area contributed by atoms with Crippen molar-refractivity contribution < 1.29 is 33.9 Å². The van der Waals surface area contributed by atoms with Crippen LogP contribution in [0.4, 0.5) is 11.4 Å². The van der Waals surface area contributed by atoms with Gasteiger partial charge in [-0.1, -0.05) is 72.8 Å². The lowest BCUT2D eigenvalue weighted by molar-refractivity contribution is -0.384. The standard InChI is InChI=1S/C36H34N4O8/c1-47-28-14-8-13-27(32(28)48-22-24-9-4-2-5-10-24)31-29-30(34(42)39(33(29)41)20-19-37-25-11-6-3-7-12-25)36(38-31,35(43)44)21-23-15-17-26(18-16-23)40(45)46/h2-18,29-31,37-38H,19-22H2,1H3,(H,43,44). The number of nitrogens with one attached hydrogen (secondary N) is 2. The monoisotopic (exact) mass is 650 g/mol. The molecule has 4 unspecified atom stereocenters. The summed E-state index contributed by atoms with van der Waals surface area (Å²) >= 11 is 0. The van der Waals surface area contributed by atoms with Crippen LogP contribution in [-0.2, 0) is 27.4 Å². The number of amides is 2. The second-order valence-electron chi connectivity index (χ2n) is 11.8. The largest absolute Gasteiger partial charge is 0.493 e. The molecular formula is C36H34N4O8. The third kappa shape index (κ3) is 6.05. The summed E-state index contributed by atoms with van der Waals surface area (Å²) in [5.41, 5.74) is 0.529. The number of methoxy groups -OCH3 is 1. The van der Waals surface area contributed by atoms with E-state index in [0.29, 0.717) is 22.6 Å². The van der Waals surface area contributed by atoms with E-state index in [4.69, 9.17) is 9.47 Å². The fourth-order valence-electron chi connectivity index (χ4n) is 6.73. The van der Waals surface area contributed by atoms with Crippen LogP contribution in [0, 0.1) is 22.0 Å². The molecule has 0 aliphatic carbocycles. The van der Waals surface area contributed by atoms with Crippen molar-refractivity contribution in [2.24, 2.45) is 11.8 Å². The van der Waals surface area contributed by atoms with Crippen LogP contribution in [0.5, 0.6) is 11.5 Å². The summed E-state index contributed by atoms with van der Waals surface area (Å²) in [6.45, 7) is 0.451. The molecule has 6 rings (SSSR count). The third-order valence-corrected chi connectivity index (χ3v) is 8.99. The number of nitrogens with zero attached hydrogens (tertiary/aromatic N) is 2. The average Bonchev–Trinajstić information content (AvgIpc) is 3.57. The predicted molar refractivity (Wildman–Crippen MR) is 175 cm³/mol. The molecule has 2 amide bonds. The van der Waals surface area contributed by atoms with Gasteiger partial charge in [-0.2, -0.15) is 0 Å². The van der Waals surface area contributed by atoms with E-state index in [-0.39, 0.29) is 31.8 Å². The van der Waals surface area contributed by atoms with Gasteiger partial charge in [-0.25, -0.2) is 0 Å². The Labute approximate surface area is 276 Å². The molecule has 246 valence electrons. The molecular weight excluding hydrogens is 616 g/mol. The Morgan fingerprint density at radius 1 is 0.938 bits per heavy atom. The molecule has 2 aliphatic rings. The first-order valence-electron chi connectivity index (χ1n) is 15.5. The first kappa shape index (κ1) is 32.2. The number of carbonyl (C=O) groups is 3. The number of carboxylic acids is 1. The number of benzene rings is 4. The van der Waals surface area contributed by atoms with Crippen LogP contribution in [0.2, 0.25) is 0 Å². The highest BCUT2D eigenvalue weighted by Crippen LogP contribution is 2.52. The van der Waals surface area contributed by atoms with Gasteiger partial charge in [0.25, 0.3) is 5.69 Å². The van der Waals surface area contributed by atoms with Gasteiger partial charge in [0, 0.05) is 48.9 Å². The van der Waals surface area contributed by atoms with Gasteiger partial charge in [0.2, 0.25) is 11.8 Å². The van der Waals surface area contributed by atoms with Crippen molar-refractivity contribution in [3.63, 3.8) is 0 Å². The van der Waals surface area contributed by atoms with Gasteiger partial charge in [-0.15, -0.1) is 0 Å². The second-order valence-corrected chi connectivity index (χ2v) is 11.8. The maximum atomic E-state index is 14.2. The predicted octanol–water partition coefficient (Wildman–Crippen LogP) is 4.61. The van der Waals surface area contributed by atoms with Crippen molar-refractivity contribution in [2.75, 3.05) is 25.5 Å². The molecule has 2 heterocycles. The van der Waals surface area contributed by atoms with E-state index < -0.39 is 46.1 Å². The number of nitro benzene ring substituents is 1. The van der Waals surface area contributed by atoms with Crippen molar-refractivity contribution in [1.29, 1.82) is 0 Å². The maximum Gasteiger partial charge on any atom is 0.325 e. The summed E-state index contributed by atoms with van der Waals surface area (Å²) in [6.07, 6.45) is -0.211. The molecule has 2 saturated heterocycles. The van der Waals surface area contributed by atoms with Crippen LogP contribution in [0.15, 0.2) is 103 Å². The molecule has 4 aromatic rings. The quantitative estimate of drug-likeness (QED) is 0.106. The number of carbonyl (C=O) groups excluding carboxylic acids is 2. The minimum Gasteiger partial charge on any atom is -0.493 e. The maximum absolute atomic E-state index is 14.2. The van der Waals surface area contributed by atoms with Gasteiger partial charge >= 0.3 is 5.97 Å². The summed E-state index contributed by atoms with van der Waals surface area (Å²) in [5, 5.41) is 28.6. The zero-order chi connectivity index (χ0) is 33.8. The number of rotatable bonds is 13. The van der Waals surface area contributed by atoms with Crippen LogP contribution in [0.25, 0.3) is 0 Å². The summed E-state index contributed by atoms with van der Waals surface area (Å²) in [5.74, 6) is -4.10. The Morgan fingerprint density at radius 3 is 2.27 bits per heavy atom. The minimum atomic E-state index is -1.93. The number of non-ortho nitro benzene ring substituents is 1. The number of nitro groups is 1. The molecule has 0 bridgehead atoms. The Kier molecular flexibility index (Phi) is 9.08. The lowest BCUT2D eigenvalue weighted by atomic mass is 9.76. The number of fused-ring (bicyclic) bond motifs is 1. The third-order valence-electron chi connectivity index (χ3n) is 8.99. The summed E-state index contributed by atoms with van der Waals surface area (Å²) < 4.78 is 11.9. The van der Waals surface area contributed by atoms with Crippen LogP contribution in [-0.4, -0.2) is 58.5 Å². The normalized spacial score (nSPS) is 21.5. The van der Waals surface area contributed by atoms with E-state index in [9.17, 15) is 29.6 Å². The smallest absolute Gasteiger partial charge is 0.325 e. The molecule has 4 aromatic carbocycles. The highest BCUT2D eigenvalue weighted by Gasteiger charge is 2.68. The SMILES string of the molecule is COc1cccc(C2NC(Cc3ccc([N+](=O)[O-])cc3)(C(=O)O)C3C(=O)N(CCNc4ccccc4)C(=O)C23)c1OCc1ccccc1. The molecule has 3 N–H and O–H groups in total. The Hall–Kier alpha value is -5.75. The van der Waals surface area contributed by atoms with Gasteiger partial charge in [-0.3, -0.25) is 34.7 Å². The van der Waals surface area contributed by atoms with Crippen molar-refractivity contribution in [2.45, 2.75) is 24.6 Å². The van der Waals surface area contributed by atoms with Gasteiger partial charge in [0.15, 0.2) is 11.5 Å². The van der Waals surface area contributed by atoms with E-state index in [0.717, 1.165) is 16.2 Å². The van der Waals surface area contributed by atoms with Crippen LogP contribution in [0.1, 0.15) is 22.7 Å². The molecule has 12 nitrogen and oxygen atoms in total. The number of aliphatic carboxylic acids is 1. The minimum absolute atomic E-state index is 0.0228. The van der Waals surface area contributed by atoms with Crippen LogP contribution < -0.4 is 20.1 Å². The van der Waals surface area contributed by atoms with E-state index in [2.05, 4.69) is 10.6 Å². The zero-order valence-electron chi connectivity index (χ0n) is 26.1. The Bertz CT molecular complexity index is 1820. The van der Waals surface area contributed by atoms with Crippen molar-refractivity contribution in [1.82, 2.24) is 10.2 Å². The van der Waals surface area contributed by atoms with E-state index in [1.54, 1.807) is 18.2 Å². The number of imide groups is 1. The first-order chi connectivity index (χ1) is 23.2. The van der Waals surface area contributed by atoms with Crippen LogP contribution >= 0.6 is 0 Å². The second kappa shape index (κ2) is 13.5. The van der Waals surface area contributed by atoms with Crippen LogP contribution in [0.3, 0.4) is 0 Å². The number of hydrogen-bond acceptors (Lipinski definition) is 9. The van der Waals surface area contributed by atoms with E-state index >= 15 is 0 Å². The summed E-state index contributed by atoms with van der Waals surface area (Å²) in [6, 6.07) is 28.5. The van der Waals surface area contributed by atoms with Gasteiger partial charge < -0.3 is 19.9 Å². The number of carboxylic acid groups (broad SMARTS) is 1. The lowest BCUT2D eigenvalue weighted by Crippen LogP contribution is -2.57. The molecule has 0 saturated carbocycles. The first-order valence-corrected chi connectivity index (χ1v) is 15.5. The summed E-state index contributed by atoms with van der Waals surface area (Å²) in [7, 11) is 1.49. The Morgan fingerprint density at radius 2 is 1.62 bits per heavy atom. The summed E-state index contributed by atoms with van der Waals surface area (Å²) in [4.78, 5) is 53.7. The fourth-order valence-corrected chi connectivity index (χ4v) is 6.73. The molecule has 4 atom stereocenters. The zero-order valence-corrected chi connectivity index (χ0v) is 26.1. The lowest BCUT2D eigenvalue weighted by Gasteiger charge is -2.31. The van der Waals surface area contributed by atoms with E-state index in [1.165, 1.54) is 31.4 Å². The van der Waals surface area contributed by atoms with Gasteiger partial charge in [-0.05, 0) is 29.3 Å². The van der Waals surface area contributed by atoms with Gasteiger partial charge in [0.1, 0.15) is 12.1 Å². The number of ether oxygens (including phenoxy) is 2. The average molecular weight is 651 g/mol. The number of likely N-dealkylation sites (tertiary alicyclic amines) is 1. The number of anilines is 1. The molecule has 0 radical (unpaired) electrons. The van der Waals surface area contributed by atoms with E-state index in [1.807, 2.05) is 60.7 Å². The van der Waals surface area contributed by atoms with Crippen molar-refractivity contribution >= 4 is 29.2 Å². The Balaban J connectivity index is 1.40. The molecule has 48 heavy (non-hydrogen) atoms. The van der Waals surface area contributed by atoms with Gasteiger partial charge in [0.05, 0.1) is 23.9 Å². The highest BCUT2D eigenvalue weighted by molar-refractivity contribution is 6.09. The van der Waals surface area contributed by atoms with Crippen molar-refractivity contribution in [3.05, 3.63) is 130 Å². The molecule has 0 aromatic heterocycles. The highest BCUT2D eigenvalue weighted by atomic mass is 16.6. The number of hydrogen-bond donors (Lipinski definition) is 3. The molecule has 0 spiro atoms. The topological polar surface area (TPSA) is 160 Å². The fraction of sp³-hybridized carbons (Fsp3) is 0.250.